The maximum Gasteiger partial charge on any atom is 0.119 e. The van der Waals surface area contributed by atoms with Gasteiger partial charge in [0.1, 0.15) is 11.6 Å². The zero-order valence-electron chi connectivity index (χ0n) is 14.2. The van der Waals surface area contributed by atoms with Crippen molar-refractivity contribution < 1.29 is 4.74 Å². The van der Waals surface area contributed by atoms with Gasteiger partial charge < -0.3 is 9.64 Å². The molecule has 0 amide bonds. The van der Waals surface area contributed by atoms with Crippen LogP contribution in [0, 0.1) is 0 Å². The third kappa shape index (κ3) is 3.13. The Morgan fingerprint density at radius 3 is 2.12 bits per heavy atom. The number of hydrogen-bond acceptors (Lipinski definition) is 2. The maximum atomic E-state index is 5.29. The van der Waals surface area contributed by atoms with Gasteiger partial charge in [-0.1, -0.05) is 48.5 Å². The number of rotatable bonds is 4. The van der Waals surface area contributed by atoms with Gasteiger partial charge in [0, 0.05) is 12.1 Å². The molecule has 124 valence electrons. The lowest BCUT2D eigenvalue weighted by Crippen LogP contribution is -2.46. The molecule has 4 rings (SSSR count). The van der Waals surface area contributed by atoms with E-state index in [4.69, 9.17) is 9.73 Å². The van der Waals surface area contributed by atoms with Gasteiger partial charge in [-0.05, 0) is 42.0 Å². The molecule has 0 saturated carbocycles. The molecule has 0 radical (unpaired) electrons. The number of amidine groups is 1. The molecule has 1 atom stereocenters. The largest absolute Gasteiger partial charge is 0.497 e. The number of aliphatic imine (C=N–C) groups is 1. The molecule has 1 saturated heterocycles. The third-order valence-electron chi connectivity index (χ3n) is 4.51. The van der Waals surface area contributed by atoms with Crippen LogP contribution < -0.4 is 9.64 Å². The summed E-state index contributed by atoms with van der Waals surface area (Å²) in [7, 11) is 1.69. The molecule has 3 nitrogen and oxygen atoms in total. The Kier molecular flexibility index (Phi) is 4.21. The summed E-state index contributed by atoms with van der Waals surface area (Å²) in [5.41, 5.74) is 3.43. The molecule has 3 aromatic rings. The highest BCUT2D eigenvalue weighted by atomic mass is 16.5. The van der Waals surface area contributed by atoms with E-state index >= 15 is 0 Å². The highest BCUT2D eigenvalue weighted by Gasteiger charge is 2.36. The van der Waals surface area contributed by atoms with Crippen LogP contribution in [0.5, 0.6) is 5.75 Å². The van der Waals surface area contributed by atoms with Crippen molar-refractivity contribution in [3.63, 3.8) is 0 Å². The predicted octanol–water partition coefficient (Wildman–Crippen LogP) is 5.38. The van der Waals surface area contributed by atoms with E-state index in [9.17, 15) is 0 Å². The van der Waals surface area contributed by atoms with Crippen molar-refractivity contribution in [2.75, 3.05) is 12.0 Å². The zero-order chi connectivity index (χ0) is 17.1. The number of anilines is 1. The van der Waals surface area contributed by atoms with Crippen LogP contribution in [0.15, 0.2) is 89.9 Å². The van der Waals surface area contributed by atoms with Crippen molar-refractivity contribution in [1.29, 1.82) is 0 Å². The van der Waals surface area contributed by atoms with Crippen LogP contribution in [-0.2, 0) is 0 Å². The van der Waals surface area contributed by atoms with Crippen molar-refractivity contribution in [3.05, 3.63) is 90.5 Å². The molecule has 3 heteroatoms. The van der Waals surface area contributed by atoms with Crippen LogP contribution in [0.2, 0.25) is 0 Å². The van der Waals surface area contributed by atoms with Crippen molar-refractivity contribution in [3.8, 4) is 5.75 Å². The molecule has 1 heterocycles. The molecule has 1 fully saturated rings. The maximum absolute atomic E-state index is 5.29. The van der Waals surface area contributed by atoms with Gasteiger partial charge in [0.05, 0.1) is 18.8 Å². The first-order valence-corrected chi connectivity index (χ1v) is 8.46. The number of nitrogens with zero attached hydrogens (tertiary/aromatic N) is 2. The van der Waals surface area contributed by atoms with Crippen molar-refractivity contribution in [2.24, 2.45) is 4.99 Å². The highest BCUT2D eigenvalue weighted by Crippen LogP contribution is 2.40. The van der Waals surface area contributed by atoms with Crippen LogP contribution in [0.3, 0.4) is 0 Å². The molecule has 0 aromatic heterocycles. The van der Waals surface area contributed by atoms with Gasteiger partial charge in [-0.25, -0.2) is 4.99 Å². The molecule has 1 aliphatic heterocycles. The molecule has 0 N–H and O–H groups in total. The van der Waals surface area contributed by atoms with Crippen molar-refractivity contribution in [1.82, 2.24) is 0 Å². The van der Waals surface area contributed by atoms with E-state index in [1.807, 2.05) is 42.5 Å². The Morgan fingerprint density at radius 2 is 1.48 bits per heavy atom. The van der Waals surface area contributed by atoms with Crippen LogP contribution in [0.4, 0.5) is 11.4 Å². The van der Waals surface area contributed by atoms with Crippen molar-refractivity contribution in [2.45, 2.75) is 12.5 Å². The highest BCUT2D eigenvalue weighted by molar-refractivity contribution is 6.06. The smallest absolute Gasteiger partial charge is 0.119 e. The number of ether oxygens (including phenoxy) is 1. The monoisotopic (exact) mass is 328 g/mol. The molecule has 0 unspecified atom stereocenters. The number of para-hydroxylation sites is 1. The number of hydrogen-bond donors (Lipinski definition) is 0. The summed E-state index contributed by atoms with van der Waals surface area (Å²) < 4.78 is 5.29. The van der Waals surface area contributed by atoms with Crippen LogP contribution in [0.25, 0.3) is 0 Å². The Morgan fingerprint density at radius 1 is 0.840 bits per heavy atom. The quantitative estimate of drug-likeness (QED) is 0.642. The third-order valence-corrected chi connectivity index (χ3v) is 4.51. The fourth-order valence-electron chi connectivity index (χ4n) is 3.19. The van der Waals surface area contributed by atoms with Crippen LogP contribution in [0.1, 0.15) is 18.0 Å². The van der Waals surface area contributed by atoms with E-state index in [2.05, 4.69) is 47.4 Å². The lowest BCUT2D eigenvalue weighted by atomic mass is 9.92. The average Bonchev–Trinajstić information content (AvgIpc) is 2.67. The summed E-state index contributed by atoms with van der Waals surface area (Å²) >= 11 is 0. The SMILES string of the molecule is COc1ccc(N2C(=Nc3ccccc3)C[C@H]2c2ccccc2)cc1. The summed E-state index contributed by atoms with van der Waals surface area (Å²) in [6.45, 7) is 0. The van der Waals surface area contributed by atoms with E-state index < -0.39 is 0 Å². The fraction of sp³-hybridized carbons (Fsp3) is 0.136. The van der Waals surface area contributed by atoms with Gasteiger partial charge in [0.2, 0.25) is 0 Å². The summed E-state index contributed by atoms with van der Waals surface area (Å²) in [6, 6.07) is 29.2. The first-order chi connectivity index (χ1) is 12.3. The van der Waals surface area contributed by atoms with Crippen molar-refractivity contribution >= 4 is 17.2 Å². The zero-order valence-corrected chi connectivity index (χ0v) is 14.2. The lowest BCUT2D eigenvalue weighted by molar-refractivity contribution is 0.415. The summed E-state index contributed by atoms with van der Waals surface area (Å²) in [5.74, 6) is 1.95. The molecule has 3 aromatic carbocycles. The van der Waals surface area contributed by atoms with Crippen LogP contribution >= 0.6 is 0 Å². The molecular weight excluding hydrogens is 308 g/mol. The van der Waals surface area contributed by atoms with E-state index in [1.54, 1.807) is 7.11 Å². The standard InChI is InChI=1S/C22H20N2O/c1-25-20-14-12-19(13-15-20)24-21(17-8-4-2-5-9-17)16-22(24)23-18-10-6-3-7-11-18/h2-15,21H,16H2,1H3/t21-/m0/s1. The summed E-state index contributed by atoms with van der Waals surface area (Å²) in [4.78, 5) is 7.16. The minimum absolute atomic E-state index is 0.317. The van der Waals surface area contributed by atoms with Gasteiger partial charge in [-0.15, -0.1) is 0 Å². The molecule has 0 aliphatic carbocycles. The van der Waals surface area contributed by atoms with E-state index in [1.165, 1.54) is 5.56 Å². The minimum Gasteiger partial charge on any atom is -0.497 e. The second-order valence-electron chi connectivity index (χ2n) is 6.06. The van der Waals surface area contributed by atoms with Gasteiger partial charge in [0.25, 0.3) is 0 Å². The minimum atomic E-state index is 0.317. The van der Waals surface area contributed by atoms with Gasteiger partial charge in [0.15, 0.2) is 0 Å². The molecule has 1 aliphatic rings. The first-order valence-electron chi connectivity index (χ1n) is 8.46. The molecule has 25 heavy (non-hydrogen) atoms. The number of methoxy groups -OCH3 is 1. The topological polar surface area (TPSA) is 24.8 Å². The number of benzene rings is 3. The van der Waals surface area contributed by atoms with E-state index in [0.717, 1.165) is 29.4 Å². The van der Waals surface area contributed by atoms with Crippen LogP contribution in [-0.4, -0.2) is 12.9 Å². The van der Waals surface area contributed by atoms with Gasteiger partial charge in [-0.3, -0.25) is 0 Å². The summed E-state index contributed by atoms with van der Waals surface area (Å²) in [6.07, 6.45) is 0.935. The molecule has 0 spiro atoms. The van der Waals surface area contributed by atoms with E-state index in [0.29, 0.717) is 6.04 Å². The van der Waals surface area contributed by atoms with E-state index in [-0.39, 0.29) is 0 Å². The lowest BCUT2D eigenvalue weighted by Gasteiger charge is -2.44. The molecule has 0 bridgehead atoms. The van der Waals surface area contributed by atoms with Gasteiger partial charge in [-0.2, -0.15) is 0 Å². The second-order valence-corrected chi connectivity index (χ2v) is 6.06. The molecular formula is C22H20N2O. The Hall–Kier alpha value is -3.07. The Bertz CT molecular complexity index is 858. The normalized spacial score (nSPS) is 18.0. The van der Waals surface area contributed by atoms with Gasteiger partial charge >= 0.3 is 0 Å². The first kappa shape index (κ1) is 15.5. The average molecular weight is 328 g/mol. The second kappa shape index (κ2) is 6.81. The predicted molar refractivity (Wildman–Crippen MR) is 103 cm³/mol. The Balaban J connectivity index is 1.69. The fourth-order valence-corrected chi connectivity index (χ4v) is 3.19. The summed E-state index contributed by atoms with van der Waals surface area (Å²) in [5, 5.41) is 0. The Labute approximate surface area is 148 Å².